The summed E-state index contributed by atoms with van der Waals surface area (Å²) in [5, 5.41) is 10.3. The van der Waals surface area contributed by atoms with Gasteiger partial charge in [0.1, 0.15) is 0 Å². The molecule has 0 saturated carbocycles. The van der Waals surface area contributed by atoms with E-state index in [0.717, 1.165) is 38.9 Å². The topological polar surface area (TPSA) is 62.5 Å². The summed E-state index contributed by atoms with van der Waals surface area (Å²) in [5.74, 6) is 1.70. The van der Waals surface area contributed by atoms with E-state index in [2.05, 4.69) is 6.07 Å². The second-order valence-electron chi connectivity index (χ2n) is 8.97. The number of nitriles is 1. The molecule has 0 aliphatic heterocycles. The average molecular weight is 521 g/mol. The molecule has 0 radical (unpaired) electrons. The maximum absolute atomic E-state index is 9.64. The lowest BCUT2D eigenvalue weighted by Gasteiger charge is -2.13. The van der Waals surface area contributed by atoms with Gasteiger partial charge in [0.05, 0.1) is 11.6 Å². The second-order valence-corrected chi connectivity index (χ2v) is 9.40. The first-order valence-electron chi connectivity index (χ1n) is 12.5. The predicted molar refractivity (Wildman–Crippen MR) is 157 cm³/mol. The summed E-state index contributed by atoms with van der Waals surface area (Å²) >= 11 is 6.33. The lowest BCUT2D eigenvalue weighted by Crippen LogP contribution is -2.01. The molecule has 0 saturated heterocycles. The fraction of sp³-hybridized carbons (Fsp3) is 0. The zero-order valence-electron chi connectivity index (χ0n) is 20.8. The van der Waals surface area contributed by atoms with E-state index in [0.29, 0.717) is 28.1 Å². The van der Waals surface area contributed by atoms with Crippen LogP contribution in [0, 0.1) is 11.3 Å². The van der Waals surface area contributed by atoms with Gasteiger partial charge in [-0.15, -0.1) is 0 Å². The lowest BCUT2D eigenvalue weighted by atomic mass is 9.98. The van der Waals surface area contributed by atoms with E-state index in [9.17, 15) is 5.26 Å². The van der Waals surface area contributed by atoms with Crippen molar-refractivity contribution in [3.63, 3.8) is 0 Å². The molecule has 6 aromatic rings. The van der Waals surface area contributed by atoms with Gasteiger partial charge in [0.15, 0.2) is 17.5 Å². The van der Waals surface area contributed by atoms with Gasteiger partial charge in [-0.2, -0.15) is 5.26 Å². The molecule has 184 valence electrons. The Morgan fingerprint density at radius 3 is 1.74 bits per heavy atom. The standard InChI is InChI=1S/C34H21ClN4/c35-28-16-9-14-25(21-28)30-18-6-7-19-31(30)34-38-32(23-10-2-1-3-11-23)37-33(39-34)26-15-8-13-24(20-26)29-17-5-4-12-27(29)22-36/h1-21H. The monoisotopic (exact) mass is 520 g/mol. The molecule has 1 heterocycles. The van der Waals surface area contributed by atoms with Crippen molar-refractivity contribution in [3.8, 4) is 62.5 Å². The molecule has 39 heavy (non-hydrogen) atoms. The molecule has 1 aromatic heterocycles. The highest BCUT2D eigenvalue weighted by atomic mass is 35.5. The van der Waals surface area contributed by atoms with E-state index >= 15 is 0 Å². The highest BCUT2D eigenvalue weighted by Crippen LogP contribution is 2.34. The van der Waals surface area contributed by atoms with Crippen LogP contribution in [0.3, 0.4) is 0 Å². The summed E-state index contributed by atoms with van der Waals surface area (Å²) in [6, 6.07) is 43.5. The van der Waals surface area contributed by atoms with Crippen LogP contribution in [0.4, 0.5) is 0 Å². The summed E-state index contributed by atoms with van der Waals surface area (Å²) in [6.07, 6.45) is 0. The van der Waals surface area contributed by atoms with Gasteiger partial charge in [0.2, 0.25) is 0 Å². The van der Waals surface area contributed by atoms with Gasteiger partial charge in [-0.05, 0) is 46.5 Å². The molecule has 6 rings (SSSR count). The minimum atomic E-state index is 0.552. The Morgan fingerprint density at radius 2 is 1.00 bits per heavy atom. The van der Waals surface area contributed by atoms with E-state index in [1.807, 2.05) is 127 Å². The van der Waals surface area contributed by atoms with Crippen LogP contribution in [0.5, 0.6) is 0 Å². The third-order valence-electron chi connectivity index (χ3n) is 6.45. The van der Waals surface area contributed by atoms with Gasteiger partial charge in [-0.1, -0.05) is 115 Å². The van der Waals surface area contributed by atoms with Gasteiger partial charge in [-0.3, -0.25) is 0 Å². The van der Waals surface area contributed by atoms with Crippen LogP contribution in [0.15, 0.2) is 127 Å². The largest absolute Gasteiger partial charge is 0.208 e. The van der Waals surface area contributed by atoms with Crippen LogP contribution in [-0.2, 0) is 0 Å². The number of aromatic nitrogens is 3. The zero-order chi connectivity index (χ0) is 26.6. The molecule has 0 bridgehead atoms. The first-order chi connectivity index (χ1) is 19.2. The third-order valence-corrected chi connectivity index (χ3v) is 6.69. The molecular formula is C34H21ClN4. The van der Waals surface area contributed by atoms with Gasteiger partial charge in [-0.25, -0.2) is 15.0 Å². The molecule has 5 aromatic carbocycles. The van der Waals surface area contributed by atoms with Crippen LogP contribution in [0.2, 0.25) is 5.02 Å². The van der Waals surface area contributed by atoms with Crippen LogP contribution in [0.1, 0.15) is 5.56 Å². The highest BCUT2D eigenvalue weighted by Gasteiger charge is 2.16. The first kappa shape index (κ1) is 24.2. The van der Waals surface area contributed by atoms with E-state index in [-0.39, 0.29) is 0 Å². The van der Waals surface area contributed by atoms with Crippen molar-refractivity contribution in [3.05, 3.63) is 138 Å². The lowest BCUT2D eigenvalue weighted by molar-refractivity contribution is 1.07. The number of benzene rings is 5. The van der Waals surface area contributed by atoms with Gasteiger partial charge >= 0.3 is 0 Å². The van der Waals surface area contributed by atoms with Crippen molar-refractivity contribution < 1.29 is 0 Å². The van der Waals surface area contributed by atoms with Gasteiger partial charge in [0.25, 0.3) is 0 Å². The number of nitrogens with zero attached hydrogens (tertiary/aromatic N) is 4. The molecule has 4 nitrogen and oxygen atoms in total. The Morgan fingerprint density at radius 1 is 0.462 bits per heavy atom. The molecule has 5 heteroatoms. The molecule has 0 spiro atoms. The van der Waals surface area contributed by atoms with E-state index in [4.69, 9.17) is 26.6 Å². The normalized spacial score (nSPS) is 10.7. The van der Waals surface area contributed by atoms with E-state index < -0.39 is 0 Å². The summed E-state index contributed by atoms with van der Waals surface area (Å²) in [6.45, 7) is 0. The van der Waals surface area contributed by atoms with Crippen LogP contribution in [0.25, 0.3) is 56.4 Å². The van der Waals surface area contributed by atoms with Crippen LogP contribution in [-0.4, -0.2) is 15.0 Å². The van der Waals surface area contributed by atoms with Crippen molar-refractivity contribution in [2.24, 2.45) is 0 Å². The predicted octanol–water partition coefficient (Wildman–Crippen LogP) is 8.73. The Labute approximate surface area is 231 Å². The molecule has 0 aliphatic rings. The Hall–Kier alpha value is -5.11. The Kier molecular flexibility index (Phi) is 6.66. The summed E-state index contributed by atoms with van der Waals surface area (Å²) < 4.78 is 0. The Balaban J connectivity index is 1.55. The molecule has 0 atom stereocenters. The van der Waals surface area contributed by atoms with Gasteiger partial charge in [0, 0.05) is 21.7 Å². The van der Waals surface area contributed by atoms with Crippen molar-refractivity contribution in [2.45, 2.75) is 0 Å². The maximum atomic E-state index is 9.64. The number of hydrogen-bond acceptors (Lipinski definition) is 4. The molecule has 0 amide bonds. The smallest absolute Gasteiger partial charge is 0.164 e. The second kappa shape index (κ2) is 10.7. The molecular weight excluding hydrogens is 500 g/mol. The van der Waals surface area contributed by atoms with E-state index in [1.165, 1.54) is 0 Å². The molecule has 0 unspecified atom stereocenters. The summed E-state index contributed by atoms with van der Waals surface area (Å²) in [7, 11) is 0. The highest BCUT2D eigenvalue weighted by molar-refractivity contribution is 6.30. The van der Waals surface area contributed by atoms with Gasteiger partial charge < -0.3 is 0 Å². The minimum Gasteiger partial charge on any atom is -0.208 e. The SMILES string of the molecule is N#Cc1ccccc1-c1cccc(-c2nc(-c3ccccc3)nc(-c3ccccc3-c3cccc(Cl)c3)n2)c1. The van der Waals surface area contributed by atoms with Crippen molar-refractivity contribution in [1.82, 2.24) is 15.0 Å². The number of hydrogen-bond donors (Lipinski definition) is 0. The maximum Gasteiger partial charge on any atom is 0.164 e. The Bertz CT molecular complexity index is 1840. The summed E-state index contributed by atoms with van der Waals surface area (Å²) in [4.78, 5) is 14.8. The summed E-state index contributed by atoms with van der Waals surface area (Å²) in [5.41, 5.74) is 6.98. The molecule has 0 aliphatic carbocycles. The fourth-order valence-corrected chi connectivity index (χ4v) is 4.78. The molecule has 0 fully saturated rings. The first-order valence-corrected chi connectivity index (χ1v) is 12.8. The van der Waals surface area contributed by atoms with E-state index in [1.54, 1.807) is 0 Å². The van der Waals surface area contributed by atoms with Crippen LogP contribution >= 0.6 is 11.6 Å². The van der Waals surface area contributed by atoms with Crippen molar-refractivity contribution in [2.75, 3.05) is 0 Å². The zero-order valence-corrected chi connectivity index (χ0v) is 21.5. The van der Waals surface area contributed by atoms with Crippen molar-refractivity contribution >= 4 is 11.6 Å². The third kappa shape index (κ3) is 5.04. The minimum absolute atomic E-state index is 0.552. The number of halogens is 1. The fourth-order valence-electron chi connectivity index (χ4n) is 4.59. The quantitative estimate of drug-likeness (QED) is 0.228. The van der Waals surface area contributed by atoms with Crippen LogP contribution < -0.4 is 0 Å². The average Bonchev–Trinajstić information content (AvgIpc) is 3.01. The number of rotatable bonds is 5. The van der Waals surface area contributed by atoms with Crippen molar-refractivity contribution in [1.29, 1.82) is 5.26 Å². The molecule has 0 N–H and O–H groups in total.